The van der Waals surface area contributed by atoms with Crippen molar-refractivity contribution in [3.05, 3.63) is 0 Å². The maximum absolute atomic E-state index is 3.42. The van der Waals surface area contributed by atoms with Crippen molar-refractivity contribution in [2.24, 2.45) is 5.92 Å². The molecule has 0 aliphatic carbocycles. The van der Waals surface area contributed by atoms with Crippen molar-refractivity contribution in [3.8, 4) is 0 Å². The molecule has 1 unspecified atom stereocenters. The standard InChI is InChI=1S/C18H39N/c1-4-6-7-8-9-10-11-12-13-14-15-18(3)16-17-19-5-2/h18-19H,4-17H2,1-3H3. The van der Waals surface area contributed by atoms with Crippen molar-refractivity contribution in [1.29, 1.82) is 0 Å². The smallest absolute Gasteiger partial charge is 0.00465 e. The molecule has 1 N–H and O–H groups in total. The van der Waals surface area contributed by atoms with Gasteiger partial charge in [-0.05, 0) is 25.4 Å². The van der Waals surface area contributed by atoms with Crippen LogP contribution in [0.2, 0.25) is 0 Å². The fraction of sp³-hybridized carbons (Fsp3) is 1.00. The van der Waals surface area contributed by atoms with Crippen molar-refractivity contribution < 1.29 is 0 Å². The third-order valence-corrected chi connectivity index (χ3v) is 4.11. The highest BCUT2D eigenvalue weighted by atomic mass is 14.8. The van der Waals surface area contributed by atoms with Gasteiger partial charge in [0.25, 0.3) is 0 Å². The highest BCUT2D eigenvalue weighted by molar-refractivity contribution is 4.56. The summed E-state index contributed by atoms with van der Waals surface area (Å²) in [5, 5.41) is 3.42. The molecule has 0 fully saturated rings. The van der Waals surface area contributed by atoms with E-state index in [9.17, 15) is 0 Å². The summed E-state index contributed by atoms with van der Waals surface area (Å²) in [6, 6.07) is 0. The second-order valence-corrected chi connectivity index (χ2v) is 6.22. The van der Waals surface area contributed by atoms with E-state index in [1.165, 1.54) is 83.6 Å². The molecule has 19 heavy (non-hydrogen) atoms. The molecular formula is C18H39N. The maximum Gasteiger partial charge on any atom is -0.00465 e. The predicted molar refractivity (Wildman–Crippen MR) is 88.8 cm³/mol. The lowest BCUT2D eigenvalue weighted by molar-refractivity contribution is 0.443. The van der Waals surface area contributed by atoms with Gasteiger partial charge in [0.1, 0.15) is 0 Å². The third kappa shape index (κ3) is 15.9. The minimum atomic E-state index is 0.910. The van der Waals surface area contributed by atoms with Crippen LogP contribution in [0.3, 0.4) is 0 Å². The monoisotopic (exact) mass is 269 g/mol. The van der Waals surface area contributed by atoms with Crippen LogP contribution >= 0.6 is 0 Å². The second-order valence-electron chi connectivity index (χ2n) is 6.22. The lowest BCUT2D eigenvalue weighted by Gasteiger charge is -2.11. The van der Waals surface area contributed by atoms with Gasteiger partial charge in [-0.15, -0.1) is 0 Å². The number of hydrogen-bond donors (Lipinski definition) is 1. The Bertz CT molecular complexity index is 156. The first-order valence-electron chi connectivity index (χ1n) is 9.02. The normalized spacial score (nSPS) is 12.8. The van der Waals surface area contributed by atoms with E-state index in [1.807, 2.05) is 0 Å². The first kappa shape index (κ1) is 19.0. The van der Waals surface area contributed by atoms with Crippen LogP contribution in [-0.2, 0) is 0 Å². The largest absolute Gasteiger partial charge is 0.317 e. The van der Waals surface area contributed by atoms with Crippen LogP contribution in [0.5, 0.6) is 0 Å². The van der Waals surface area contributed by atoms with Gasteiger partial charge in [-0.25, -0.2) is 0 Å². The summed E-state index contributed by atoms with van der Waals surface area (Å²) in [7, 11) is 0. The summed E-state index contributed by atoms with van der Waals surface area (Å²) in [4.78, 5) is 0. The van der Waals surface area contributed by atoms with Crippen LogP contribution in [0, 0.1) is 5.92 Å². The Labute approximate surface area is 122 Å². The molecule has 0 radical (unpaired) electrons. The van der Waals surface area contributed by atoms with Crippen molar-refractivity contribution in [2.45, 2.75) is 97.8 Å². The molecule has 0 bridgehead atoms. The maximum atomic E-state index is 3.42. The zero-order valence-electron chi connectivity index (χ0n) is 14.0. The lowest BCUT2D eigenvalue weighted by atomic mass is 9.98. The molecule has 116 valence electrons. The van der Waals surface area contributed by atoms with E-state index in [2.05, 4.69) is 26.1 Å². The molecule has 0 saturated heterocycles. The Morgan fingerprint density at radius 3 is 1.74 bits per heavy atom. The van der Waals surface area contributed by atoms with Gasteiger partial charge in [-0.1, -0.05) is 91.4 Å². The van der Waals surface area contributed by atoms with E-state index >= 15 is 0 Å². The molecular weight excluding hydrogens is 230 g/mol. The average molecular weight is 270 g/mol. The molecule has 0 aliphatic heterocycles. The zero-order valence-corrected chi connectivity index (χ0v) is 14.0. The Kier molecular flexibility index (Phi) is 16.0. The zero-order chi connectivity index (χ0) is 14.2. The van der Waals surface area contributed by atoms with E-state index in [-0.39, 0.29) is 0 Å². The molecule has 0 aromatic carbocycles. The second kappa shape index (κ2) is 16.0. The van der Waals surface area contributed by atoms with Gasteiger partial charge < -0.3 is 5.32 Å². The number of nitrogens with one attached hydrogen (secondary N) is 1. The molecule has 0 saturated carbocycles. The molecule has 0 heterocycles. The molecule has 0 aromatic heterocycles. The highest BCUT2D eigenvalue weighted by Gasteiger charge is 2.01. The average Bonchev–Trinajstić information content (AvgIpc) is 2.41. The third-order valence-electron chi connectivity index (χ3n) is 4.11. The van der Waals surface area contributed by atoms with Crippen LogP contribution < -0.4 is 5.32 Å². The Morgan fingerprint density at radius 2 is 1.21 bits per heavy atom. The Balaban J connectivity index is 3.05. The minimum absolute atomic E-state index is 0.910. The fourth-order valence-corrected chi connectivity index (χ4v) is 2.65. The summed E-state index contributed by atoms with van der Waals surface area (Å²) in [6.07, 6.45) is 17.3. The fourth-order valence-electron chi connectivity index (χ4n) is 2.65. The van der Waals surface area contributed by atoms with Gasteiger partial charge in [0, 0.05) is 0 Å². The molecule has 0 spiro atoms. The van der Waals surface area contributed by atoms with Crippen molar-refractivity contribution >= 4 is 0 Å². The van der Waals surface area contributed by atoms with E-state index in [4.69, 9.17) is 0 Å². The predicted octanol–water partition coefficient (Wildman–Crippen LogP) is 5.93. The SMILES string of the molecule is CCCCCCCCCCCCC(C)CCNCC. The van der Waals surface area contributed by atoms with E-state index in [0.717, 1.165) is 12.5 Å². The van der Waals surface area contributed by atoms with Gasteiger partial charge in [0.05, 0.1) is 0 Å². The van der Waals surface area contributed by atoms with Crippen LogP contribution in [0.25, 0.3) is 0 Å². The summed E-state index contributed by atoms with van der Waals surface area (Å²) >= 11 is 0. The van der Waals surface area contributed by atoms with E-state index in [1.54, 1.807) is 0 Å². The summed E-state index contributed by atoms with van der Waals surface area (Å²) < 4.78 is 0. The van der Waals surface area contributed by atoms with Crippen LogP contribution in [0.4, 0.5) is 0 Å². The van der Waals surface area contributed by atoms with Gasteiger partial charge in [0.15, 0.2) is 0 Å². The molecule has 1 nitrogen and oxygen atoms in total. The van der Waals surface area contributed by atoms with Crippen molar-refractivity contribution in [1.82, 2.24) is 5.32 Å². The first-order valence-corrected chi connectivity index (χ1v) is 9.02. The summed E-state index contributed by atoms with van der Waals surface area (Å²) in [6.45, 7) is 9.21. The molecule has 0 aliphatic rings. The number of hydrogen-bond acceptors (Lipinski definition) is 1. The Morgan fingerprint density at radius 1 is 0.684 bits per heavy atom. The van der Waals surface area contributed by atoms with E-state index in [0.29, 0.717) is 0 Å². The van der Waals surface area contributed by atoms with Crippen LogP contribution in [0.15, 0.2) is 0 Å². The number of unbranched alkanes of at least 4 members (excludes halogenated alkanes) is 9. The van der Waals surface area contributed by atoms with Crippen LogP contribution in [0.1, 0.15) is 97.8 Å². The van der Waals surface area contributed by atoms with E-state index < -0.39 is 0 Å². The Hall–Kier alpha value is -0.0400. The van der Waals surface area contributed by atoms with Gasteiger partial charge in [0.2, 0.25) is 0 Å². The molecule has 0 aromatic rings. The quantitative estimate of drug-likeness (QED) is 0.363. The summed E-state index contributed by atoms with van der Waals surface area (Å²) in [5.41, 5.74) is 0. The van der Waals surface area contributed by atoms with Gasteiger partial charge >= 0.3 is 0 Å². The molecule has 1 heteroatoms. The van der Waals surface area contributed by atoms with Gasteiger partial charge in [-0.2, -0.15) is 0 Å². The molecule has 0 rings (SSSR count). The number of rotatable bonds is 15. The topological polar surface area (TPSA) is 12.0 Å². The van der Waals surface area contributed by atoms with Gasteiger partial charge in [-0.3, -0.25) is 0 Å². The summed E-state index contributed by atoms with van der Waals surface area (Å²) in [5.74, 6) is 0.910. The highest BCUT2D eigenvalue weighted by Crippen LogP contribution is 2.15. The molecule has 0 amide bonds. The molecule has 1 atom stereocenters. The minimum Gasteiger partial charge on any atom is -0.317 e. The van der Waals surface area contributed by atoms with Crippen molar-refractivity contribution in [2.75, 3.05) is 13.1 Å². The van der Waals surface area contributed by atoms with Crippen LogP contribution in [-0.4, -0.2) is 13.1 Å². The lowest BCUT2D eigenvalue weighted by Crippen LogP contribution is -2.16. The first-order chi connectivity index (χ1) is 9.31. The van der Waals surface area contributed by atoms with Crippen molar-refractivity contribution in [3.63, 3.8) is 0 Å².